The Kier molecular flexibility index (Phi) is 4.27. The molecule has 0 bridgehead atoms. The normalized spacial score (nSPS) is 23.4. The summed E-state index contributed by atoms with van der Waals surface area (Å²) >= 11 is 0. The third-order valence-electron chi connectivity index (χ3n) is 3.16. The van der Waals surface area contributed by atoms with Crippen LogP contribution in [-0.2, 0) is 4.79 Å². The third-order valence-corrected chi connectivity index (χ3v) is 3.16. The van der Waals surface area contributed by atoms with Gasteiger partial charge in [-0.05, 0) is 30.7 Å². The quantitative estimate of drug-likeness (QED) is 0.517. The summed E-state index contributed by atoms with van der Waals surface area (Å²) in [5, 5.41) is 2.92. The minimum absolute atomic E-state index is 0.208. The zero-order valence-corrected chi connectivity index (χ0v) is 10.4. The number of alkyl halides is 4. The highest BCUT2D eigenvalue weighted by Crippen LogP contribution is 2.29. The number of esters is 1. The summed E-state index contributed by atoms with van der Waals surface area (Å²) in [7, 11) is 0. The van der Waals surface area contributed by atoms with E-state index in [0.717, 1.165) is 0 Å². The van der Waals surface area contributed by atoms with E-state index < -0.39 is 18.3 Å². The maximum absolute atomic E-state index is 13.7. The predicted octanol–water partition coefficient (Wildman–Crippen LogP) is 2.57. The SMILES string of the molecule is O=C(Oc1ccc([C@H]2CCNC[C@@H]2F)cc1)C(F)(F)F. The van der Waals surface area contributed by atoms with Gasteiger partial charge in [0.1, 0.15) is 11.9 Å². The molecule has 20 heavy (non-hydrogen) atoms. The van der Waals surface area contributed by atoms with E-state index in [1.54, 1.807) is 0 Å². The van der Waals surface area contributed by atoms with Gasteiger partial charge in [0.05, 0.1) is 0 Å². The first kappa shape index (κ1) is 14.8. The summed E-state index contributed by atoms with van der Waals surface area (Å²) in [5.41, 5.74) is 0.686. The maximum atomic E-state index is 13.7. The van der Waals surface area contributed by atoms with E-state index in [0.29, 0.717) is 18.5 Å². The van der Waals surface area contributed by atoms with Gasteiger partial charge in [0.15, 0.2) is 0 Å². The van der Waals surface area contributed by atoms with E-state index in [-0.39, 0.29) is 18.2 Å². The van der Waals surface area contributed by atoms with Gasteiger partial charge in [0.25, 0.3) is 0 Å². The van der Waals surface area contributed by atoms with E-state index in [2.05, 4.69) is 10.1 Å². The summed E-state index contributed by atoms with van der Waals surface area (Å²) in [4.78, 5) is 10.7. The molecule has 0 aliphatic carbocycles. The zero-order valence-electron chi connectivity index (χ0n) is 10.4. The average molecular weight is 291 g/mol. The van der Waals surface area contributed by atoms with Crippen LogP contribution < -0.4 is 10.1 Å². The van der Waals surface area contributed by atoms with Crippen molar-refractivity contribution in [3.8, 4) is 5.75 Å². The Hall–Kier alpha value is -1.63. The highest BCUT2D eigenvalue weighted by atomic mass is 19.4. The Morgan fingerprint density at radius 2 is 1.90 bits per heavy atom. The Bertz CT molecular complexity index is 472. The molecule has 1 aliphatic heterocycles. The van der Waals surface area contributed by atoms with Crippen molar-refractivity contribution in [1.82, 2.24) is 5.32 Å². The lowest BCUT2D eigenvalue weighted by Crippen LogP contribution is -2.36. The van der Waals surface area contributed by atoms with Crippen molar-refractivity contribution in [1.29, 1.82) is 0 Å². The molecule has 2 atom stereocenters. The van der Waals surface area contributed by atoms with Gasteiger partial charge in [-0.2, -0.15) is 13.2 Å². The van der Waals surface area contributed by atoms with Crippen LogP contribution in [0, 0.1) is 0 Å². The summed E-state index contributed by atoms with van der Waals surface area (Å²) in [5.74, 6) is -2.76. The highest BCUT2D eigenvalue weighted by molar-refractivity contribution is 5.78. The lowest BCUT2D eigenvalue weighted by atomic mass is 9.89. The third kappa shape index (κ3) is 3.47. The molecular formula is C13H13F4NO2. The van der Waals surface area contributed by atoms with Crippen LogP contribution in [0.3, 0.4) is 0 Å². The zero-order chi connectivity index (χ0) is 14.8. The number of hydrogen-bond acceptors (Lipinski definition) is 3. The molecule has 0 amide bonds. The lowest BCUT2D eigenvalue weighted by Gasteiger charge is -2.27. The second kappa shape index (κ2) is 5.78. The molecule has 1 saturated heterocycles. The van der Waals surface area contributed by atoms with Crippen molar-refractivity contribution in [2.75, 3.05) is 13.1 Å². The van der Waals surface area contributed by atoms with Crippen LogP contribution >= 0.6 is 0 Å². The number of ether oxygens (including phenoxy) is 1. The molecule has 0 spiro atoms. The Balaban J connectivity index is 2.04. The largest absolute Gasteiger partial charge is 0.491 e. The molecule has 1 N–H and O–H groups in total. The van der Waals surface area contributed by atoms with Crippen LogP contribution in [0.25, 0.3) is 0 Å². The van der Waals surface area contributed by atoms with Gasteiger partial charge >= 0.3 is 12.1 Å². The van der Waals surface area contributed by atoms with Crippen molar-refractivity contribution < 1.29 is 27.1 Å². The first-order valence-electron chi connectivity index (χ1n) is 6.11. The minimum Gasteiger partial charge on any atom is -0.420 e. The molecule has 2 rings (SSSR count). The highest BCUT2D eigenvalue weighted by Gasteiger charge is 2.41. The first-order chi connectivity index (χ1) is 9.38. The van der Waals surface area contributed by atoms with Crippen LogP contribution in [0.1, 0.15) is 17.9 Å². The standard InChI is InChI=1S/C13H13F4NO2/c14-11-7-18-6-5-10(11)8-1-3-9(4-2-8)20-12(19)13(15,16)17/h1-4,10-11,18H,5-7H2/t10-,11+/m1/s1. The summed E-state index contributed by atoms with van der Waals surface area (Å²) in [6.07, 6.45) is -5.45. The summed E-state index contributed by atoms with van der Waals surface area (Å²) in [6, 6.07) is 5.46. The topological polar surface area (TPSA) is 38.3 Å². The monoisotopic (exact) mass is 291 g/mol. The van der Waals surface area contributed by atoms with Gasteiger partial charge in [-0.15, -0.1) is 0 Å². The van der Waals surface area contributed by atoms with Gasteiger partial charge < -0.3 is 10.1 Å². The molecule has 110 valence electrons. The van der Waals surface area contributed by atoms with Crippen LogP contribution in [0.15, 0.2) is 24.3 Å². The Labute approximate surface area is 112 Å². The van der Waals surface area contributed by atoms with Gasteiger partial charge in [0.2, 0.25) is 0 Å². The Morgan fingerprint density at radius 1 is 1.25 bits per heavy atom. The average Bonchev–Trinajstić information content (AvgIpc) is 2.39. The second-order valence-corrected chi connectivity index (χ2v) is 4.57. The van der Waals surface area contributed by atoms with E-state index >= 15 is 0 Å². The first-order valence-corrected chi connectivity index (χ1v) is 6.11. The van der Waals surface area contributed by atoms with Crippen LogP contribution in [0.4, 0.5) is 17.6 Å². The number of nitrogens with one attached hydrogen (secondary N) is 1. The van der Waals surface area contributed by atoms with Gasteiger partial charge in [0, 0.05) is 12.5 Å². The minimum atomic E-state index is -5.03. The molecule has 0 unspecified atom stereocenters. The number of carbonyl (C=O) groups excluding carboxylic acids is 1. The smallest absolute Gasteiger partial charge is 0.420 e. The van der Waals surface area contributed by atoms with Crippen molar-refractivity contribution in [3.63, 3.8) is 0 Å². The van der Waals surface area contributed by atoms with E-state index in [4.69, 9.17) is 0 Å². The fourth-order valence-electron chi connectivity index (χ4n) is 2.14. The number of piperidine rings is 1. The van der Waals surface area contributed by atoms with Crippen LogP contribution in [0.2, 0.25) is 0 Å². The molecule has 0 radical (unpaired) electrons. The fraction of sp³-hybridized carbons (Fsp3) is 0.462. The predicted molar refractivity (Wildman–Crippen MR) is 63.3 cm³/mol. The molecule has 0 saturated carbocycles. The fourth-order valence-corrected chi connectivity index (χ4v) is 2.14. The number of rotatable bonds is 2. The molecule has 1 fully saturated rings. The molecule has 1 aromatic rings. The Morgan fingerprint density at radius 3 is 2.45 bits per heavy atom. The number of halogens is 4. The van der Waals surface area contributed by atoms with Crippen LogP contribution in [0.5, 0.6) is 5.75 Å². The van der Waals surface area contributed by atoms with Crippen molar-refractivity contribution >= 4 is 5.97 Å². The molecule has 3 nitrogen and oxygen atoms in total. The number of benzene rings is 1. The molecule has 1 aromatic carbocycles. The molecule has 1 aliphatic rings. The second-order valence-electron chi connectivity index (χ2n) is 4.57. The summed E-state index contributed by atoms with van der Waals surface area (Å²) < 4.78 is 54.0. The van der Waals surface area contributed by atoms with Gasteiger partial charge in [-0.1, -0.05) is 12.1 Å². The maximum Gasteiger partial charge on any atom is 0.491 e. The lowest BCUT2D eigenvalue weighted by molar-refractivity contribution is -0.189. The van der Waals surface area contributed by atoms with Crippen LogP contribution in [-0.4, -0.2) is 31.4 Å². The van der Waals surface area contributed by atoms with Crippen molar-refractivity contribution in [3.05, 3.63) is 29.8 Å². The summed E-state index contributed by atoms with van der Waals surface area (Å²) in [6.45, 7) is 0.950. The van der Waals surface area contributed by atoms with E-state index in [1.165, 1.54) is 24.3 Å². The molecular weight excluding hydrogens is 278 g/mol. The van der Waals surface area contributed by atoms with E-state index in [9.17, 15) is 22.4 Å². The number of hydrogen-bond donors (Lipinski definition) is 1. The van der Waals surface area contributed by atoms with Gasteiger partial charge in [-0.25, -0.2) is 9.18 Å². The molecule has 7 heteroatoms. The molecule has 0 aromatic heterocycles. The van der Waals surface area contributed by atoms with Crippen molar-refractivity contribution in [2.24, 2.45) is 0 Å². The molecule has 1 heterocycles. The van der Waals surface area contributed by atoms with E-state index in [1.807, 2.05) is 0 Å². The number of carbonyl (C=O) groups is 1. The van der Waals surface area contributed by atoms with Crippen molar-refractivity contribution in [2.45, 2.75) is 24.7 Å². The van der Waals surface area contributed by atoms with Gasteiger partial charge in [-0.3, -0.25) is 0 Å².